The highest BCUT2D eigenvalue weighted by Crippen LogP contribution is 2.35. The van der Waals surface area contributed by atoms with Crippen LogP contribution in [0.2, 0.25) is 0 Å². The van der Waals surface area contributed by atoms with Gasteiger partial charge in [0.05, 0.1) is 4.90 Å². The molecule has 1 rings (SSSR count). The van der Waals surface area contributed by atoms with Crippen LogP contribution in [0.3, 0.4) is 0 Å². The van der Waals surface area contributed by atoms with Crippen molar-refractivity contribution in [3.8, 4) is 0 Å². The van der Waals surface area contributed by atoms with E-state index < -0.39 is 0 Å². The Morgan fingerprint density at radius 2 is 2.07 bits per heavy atom. The van der Waals surface area contributed by atoms with Crippen LogP contribution in [0.5, 0.6) is 0 Å². The van der Waals surface area contributed by atoms with E-state index in [-0.39, 0.29) is 0 Å². The molecule has 0 saturated carbocycles. The predicted molar refractivity (Wildman–Crippen MR) is 66.2 cm³/mol. The Morgan fingerprint density at radius 1 is 1.43 bits per heavy atom. The lowest BCUT2D eigenvalue weighted by molar-refractivity contribution is 0.560. The van der Waals surface area contributed by atoms with Gasteiger partial charge in [-0.2, -0.15) is 4.37 Å². The molecular weight excluding hydrogens is 214 g/mol. The SMILES string of the molecule is CSc1c(N)nsc1NC(C)C(C)C. The van der Waals surface area contributed by atoms with Crippen LogP contribution < -0.4 is 11.1 Å². The fourth-order valence-corrected chi connectivity index (χ4v) is 2.58. The molecule has 0 saturated heterocycles. The van der Waals surface area contributed by atoms with Crippen molar-refractivity contribution in [1.82, 2.24) is 4.37 Å². The van der Waals surface area contributed by atoms with Gasteiger partial charge in [-0.1, -0.05) is 13.8 Å². The molecule has 0 spiro atoms. The average molecular weight is 231 g/mol. The topological polar surface area (TPSA) is 50.9 Å². The Morgan fingerprint density at radius 3 is 2.57 bits per heavy atom. The summed E-state index contributed by atoms with van der Waals surface area (Å²) in [6, 6.07) is 0.445. The minimum Gasteiger partial charge on any atom is -0.382 e. The molecule has 1 unspecified atom stereocenters. The summed E-state index contributed by atoms with van der Waals surface area (Å²) in [5.74, 6) is 1.24. The molecule has 0 radical (unpaired) electrons. The number of anilines is 2. The molecule has 1 heterocycles. The molecule has 0 aliphatic carbocycles. The van der Waals surface area contributed by atoms with Crippen molar-refractivity contribution < 1.29 is 0 Å². The van der Waals surface area contributed by atoms with E-state index >= 15 is 0 Å². The van der Waals surface area contributed by atoms with Gasteiger partial charge in [-0.25, -0.2) is 0 Å². The molecule has 3 nitrogen and oxygen atoms in total. The summed E-state index contributed by atoms with van der Waals surface area (Å²) >= 11 is 3.08. The van der Waals surface area contributed by atoms with Gasteiger partial charge in [0, 0.05) is 6.04 Å². The minimum atomic E-state index is 0.445. The summed E-state index contributed by atoms with van der Waals surface area (Å²) in [7, 11) is 0. The second-order valence-corrected chi connectivity index (χ2v) is 5.20. The third-order valence-corrected chi connectivity index (χ3v) is 3.98. The molecule has 0 amide bonds. The van der Waals surface area contributed by atoms with Crippen LogP contribution in [0.4, 0.5) is 10.8 Å². The van der Waals surface area contributed by atoms with E-state index in [1.807, 2.05) is 6.26 Å². The van der Waals surface area contributed by atoms with Gasteiger partial charge in [0.15, 0.2) is 5.82 Å². The number of thioether (sulfide) groups is 1. The molecule has 0 bridgehead atoms. The molecule has 14 heavy (non-hydrogen) atoms. The van der Waals surface area contributed by atoms with Gasteiger partial charge in [0.2, 0.25) is 0 Å². The number of nitrogen functional groups attached to an aromatic ring is 1. The lowest BCUT2D eigenvalue weighted by Gasteiger charge is -2.17. The lowest BCUT2D eigenvalue weighted by Crippen LogP contribution is -2.21. The van der Waals surface area contributed by atoms with Crippen molar-refractivity contribution in [2.75, 3.05) is 17.3 Å². The molecule has 1 aromatic rings. The number of nitrogens with two attached hydrogens (primary N) is 1. The van der Waals surface area contributed by atoms with Crippen molar-refractivity contribution in [3.63, 3.8) is 0 Å². The fraction of sp³-hybridized carbons (Fsp3) is 0.667. The van der Waals surface area contributed by atoms with Crippen LogP contribution >= 0.6 is 23.3 Å². The van der Waals surface area contributed by atoms with Gasteiger partial charge < -0.3 is 11.1 Å². The highest BCUT2D eigenvalue weighted by atomic mass is 32.2. The number of hydrogen-bond donors (Lipinski definition) is 2. The van der Waals surface area contributed by atoms with Crippen molar-refractivity contribution >= 4 is 34.1 Å². The van der Waals surface area contributed by atoms with Gasteiger partial charge in [0.1, 0.15) is 5.00 Å². The normalized spacial score (nSPS) is 13.2. The quantitative estimate of drug-likeness (QED) is 0.782. The van der Waals surface area contributed by atoms with Crippen LogP contribution in [-0.2, 0) is 0 Å². The zero-order valence-corrected chi connectivity index (χ0v) is 10.6. The first-order valence-electron chi connectivity index (χ1n) is 4.62. The predicted octanol–water partition coefficient (Wildman–Crippen LogP) is 2.90. The van der Waals surface area contributed by atoms with Crippen molar-refractivity contribution in [2.45, 2.75) is 31.7 Å². The van der Waals surface area contributed by atoms with Crippen LogP contribution in [0.15, 0.2) is 4.90 Å². The summed E-state index contributed by atoms with van der Waals surface area (Å²) in [6.07, 6.45) is 2.02. The van der Waals surface area contributed by atoms with Gasteiger partial charge in [0.25, 0.3) is 0 Å². The largest absolute Gasteiger partial charge is 0.382 e. The summed E-state index contributed by atoms with van der Waals surface area (Å²) < 4.78 is 4.14. The van der Waals surface area contributed by atoms with Crippen LogP contribution in [0.25, 0.3) is 0 Å². The molecule has 0 aliphatic heterocycles. The number of aromatic nitrogens is 1. The highest BCUT2D eigenvalue weighted by molar-refractivity contribution is 7.99. The maximum atomic E-state index is 5.74. The van der Waals surface area contributed by atoms with Crippen molar-refractivity contribution in [1.29, 1.82) is 0 Å². The maximum Gasteiger partial charge on any atom is 0.153 e. The molecule has 1 aromatic heterocycles. The van der Waals surface area contributed by atoms with Crippen LogP contribution in [-0.4, -0.2) is 16.7 Å². The summed E-state index contributed by atoms with van der Waals surface area (Å²) in [5.41, 5.74) is 5.74. The number of nitrogens with one attached hydrogen (secondary N) is 1. The second-order valence-electron chi connectivity index (χ2n) is 3.61. The van der Waals surface area contributed by atoms with E-state index in [2.05, 4.69) is 30.5 Å². The monoisotopic (exact) mass is 231 g/mol. The Labute approximate surface area is 93.6 Å². The molecule has 0 aliphatic rings. The van der Waals surface area contributed by atoms with Crippen molar-refractivity contribution in [2.24, 2.45) is 5.92 Å². The third-order valence-electron chi connectivity index (χ3n) is 2.24. The highest BCUT2D eigenvalue weighted by Gasteiger charge is 2.14. The number of rotatable bonds is 4. The molecule has 1 atom stereocenters. The lowest BCUT2D eigenvalue weighted by atomic mass is 10.1. The van der Waals surface area contributed by atoms with E-state index in [0.29, 0.717) is 17.8 Å². The fourth-order valence-electron chi connectivity index (χ4n) is 0.957. The summed E-state index contributed by atoms with van der Waals surface area (Å²) in [6.45, 7) is 6.56. The number of nitrogens with zero attached hydrogens (tertiary/aromatic N) is 1. The van der Waals surface area contributed by atoms with Crippen molar-refractivity contribution in [3.05, 3.63) is 0 Å². The van der Waals surface area contributed by atoms with Gasteiger partial charge >= 0.3 is 0 Å². The van der Waals surface area contributed by atoms with E-state index in [1.54, 1.807) is 11.8 Å². The minimum absolute atomic E-state index is 0.445. The maximum absolute atomic E-state index is 5.74. The van der Waals surface area contributed by atoms with Crippen LogP contribution in [0, 0.1) is 5.92 Å². The smallest absolute Gasteiger partial charge is 0.153 e. The molecule has 80 valence electrons. The third kappa shape index (κ3) is 2.54. The first kappa shape index (κ1) is 11.7. The molecule has 0 aromatic carbocycles. The molecule has 3 N–H and O–H groups in total. The van der Waals surface area contributed by atoms with Gasteiger partial charge in [-0.15, -0.1) is 11.8 Å². The summed E-state index contributed by atoms with van der Waals surface area (Å²) in [4.78, 5) is 1.07. The first-order chi connectivity index (χ1) is 6.56. The second kappa shape index (κ2) is 4.89. The first-order valence-corrected chi connectivity index (χ1v) is 6.61. The zero-order chi connectivity index (χ0) is 10.7. The molecule has 5 heteroatoms. The Balaban J connectivity index is 2.76. The van der Waals surface area contributed by atoms with E-state index in [0.717, 1.165) is 9.90 Å². The Bertz CT molecular complexity index is 296. The van der Waals surface area contributed by atoms with E-state index in [4.69, 9.17) is 5.73 Å². The Kier molecular flexibility index (Phi) is 4.07. The number of hydrogen-bond acceptors (Lipinski definition) is 5. The standard InChI is InChI=1S/C9H17N3S2/c1-5(2)6(3)11-9-7(13-4)8(10)12-14-9/h5-6,11H,1-4H3,(H2,10,12). The van der Waals surface area contributed by atoms with Gasteiger partial charge in [-0.3, -0.25) is 0 Å². The van der Waals surface area contributed by atoms with E-state index in [1.165, 1.54) is 11.5 Å². The Hall–Kier alpha value is -0.420. The van der Waals surface area contributed by atoms with E-state index in [9.17, 15) is 0 Å². The summed E-state index contributed by atoms with van der Waals surface area (Å²) in [5, 5.41) is 4.53. The van der Waals surface area contributed by atoms with Gasteiger partial charge in [-0.05, 0) is 30.6 Å². The molecular formula is C9H17N3S2. The van der Waals surface area contributed by atoms with Crippen LogP contribution in [0.1, 0.15) is 20.8 Å². The zero-order valence-electron chi connectivity index (χ0n) is 9.00. The average Bonchev–Trinajstić information content (AvgIpc) is 2.46. The molecule has 0 fully saturated rings.